The van der Waals surface area contributed by atoms with Crippen LogP contribution >= 0.6 is 0 Å². The van der Waals surface area contributed by atoms with Crippen LogP contribution in [-0.2, 0) is 0 Å². The van der Waals surface area contributed by atoms with Crippen LogP contribution < -0.4 is 9.64 Å². The smallest absolute Gasteiger partial charge is 0.387 e. The van der Waals surface area contributed by atoms with E-state index in [1.807, 2.05) is 4.90 Å². The van der Waals surface area contributed by atoms with Crippen molar-refractivity contribution in [3.05, 3.63) is 59.9 Å². The standard InChI is InChI=1S/C18H17F3N2O2/c19-15-3-1-2-4-16(15)22-9-11-23(12-10-22)17(24)13-5-7-14(8-6-13)25-18(20)21/h1-8,18H,9-12H2. The first-order valence-electron chi connectivity index (χ1n) is 7.88. The van der Waals surface area contributed by atoms with Gasteiger partial charge in [-0.15, -0.1) is 0 Å². The van der Waals surface area contributed by atoms with Crippen LogP contribution in [0.1, 0.15) is 10.4 Å². The fraction of sp³-hybridized carbons (Fsp3) is 0.278. The lowest BCUT2D eigenvalue weighted by Gasteiger charge is -2.36. The van der Waals surface area contributed by atoms with Crippen LogP contribution in [0.5, 0.6) is 5.75 Å². The van der Waals surface area contributed by atoms with Gasteiger partial charge in [-0.3, -0.25) is 4.79 Å². The molecule has 0 N–H and O–H groups in total. The number of anilines is 1. The monoisotopic (exact) mass is 350 g/mol. The van der Waals surface area contributed by atoms with E-state index in [1.165, 1.54) is 30.3 Å². The van der Waals surface area contributed by atoms with Gasteiger partial charge in [0.15, 0.2) is 0 Å². The van der Waals surface area contributed by atoms with Gasteiger partial charge < -0.3 is 14.5 Å². The summed E-state index contributed by atoms with van der Waals surface area (Å²) in [5.41, 5.74) is 0.934. The van der Waals surface area contributed by atoms with E-state index in [0.29, 0.717) is 37.4 Å². The molecule has 1 amide bonds. The molecule has 1 saturated heterocycles. The zero-order chi connectivity index (χ0) is 17.8. The summed E-state index contributed by atoms with van der Waals surface area (Å²) in [4.78, 5) is 16.1. The lowest BCUT2D eigenvalue weighted by Crippen LogP contribution is -2.49. The number of carbonyl (C=O) groups is 1. The van der Waals surface area contributed by atoms with Crippen LogP contribution in [0.2, 0.25) is 0 Å². The van der Waals surface area contributed by atoms with Crippen molar-refractivity contribution in [1.29, 1.82) is 0 Å². The fourth-order valence-electron chi connectivity index (χ4n) is 2.82. The molecular formula is C18H17F3N2O2. The number of alkyl halides is 2. The lowest BCUT2D eigenvalue weighted by atomic mass is 10.1. The molecule has 3 rings (SSSR count). The Kier molecular flexibility index (Phi) is 5.11. The van der Waals surface area contributed by atoms with Crippen LogP contribution in [0, 0.1) is 5.82 Å². The third-order valence-electron chi connectivity index (χ3n) is 4.09. The summed E-state index contributed by atoms with van der Waals surface area (Å²) in [7, 11) is 0. The minimum Gasteiger partial charge on any atom is -0.435 e. The van der Waals surface area contributed by atoms with Gasteiger partial charge in [-0.25, -0.2) is 4.39 Å². The molecule has 0 bridgehead atoms. The largest absolute Gasteiger partial charge is 0.435 e. The van der Waals surface area contributed by atoms with Crippen molar-refractivity contribution in [2.24, 2.45) is 0 Å². The van der Waals surface area contributed by atoms with Gasteiger partial charge in [0.1, 0.15) is 11.6 Å². The maximum atomic E-state index is 13.8. The highest BCUT2D eigenvalue weighted by molar-refractivity contribution is 5.94. The molecule has 0 saturated carbocycles. The number of hydrogen-bond acceptors (Lipinski definition) is 3. The third-order valence-corrected chi connectivity index (χ3v) is 4.09. The van der Waals surface area contributed by atoms with Gasteiger partial charge in [-0.2, -0.15) is 8.78 Å². The molecule has 132 valence electrons. The van der Waals surface area contributed by atoms with Crippen LogP contribution in [0.25, 0.3) is 0 Å². The highest BCUT2D eigenvalue weighted by atomic mass is 19.3. The Morgan fingerprint density at radius 2 is 1.60 bits per heavy atom. The third kappa shape index (κ3) is 4.04. The Bertz CT molecular complexity index is 729. The van der Waals surface area contributed by atoms with E-state index >= 15 is 0 Å². The van der Waals surface area contributed by atoms with E-state index in [9.17, 15) is 18.0 Å². The summed E-state index contributed by atoms with van der Waals surface area (Å²) in [5.74, 6) is -0.454. The molecule has 1 fully saturated rings. The number of benzene rings is 2. The van der Waals surface area contributed by atoms with Gasteiger partial charge in [-0.05, 0) is 36.4 Å². The second-order valence-corrected chi connectivity index (χ2v) is 5.63. The number of nitrogens with zero attached hydrogens (tertiary/aromatic N) is 2. The van der Waals surface area contributed by atoms with Gasteiger partial charge in [0, 0.05) is 31.7 Å². The highest BCUT2D eigenvalue weighted by Crippen LogP contribution is 2.21. The maximum absolute atomic E-state index is 13.8. The zero-order valence-corrected chi connectivity index (χ0v) is 13.4. The minimum atomic E-state index is -2.90. The lowest BCUT2D eigenvalue weighted by molar-refractivity contribution is -0.0498. The van der Waals surface area contributed by atoms with Crippen molar-refractivity contribution >= 4 is 11.6 Å². The summed E-state index contributed by atoms with van der Waals surface area (Å²) in [6, 6.07) is 12.2. The summed E-state index contributed by atoms with van der Waals surface area (Å²) < 4.78 is 42.4. The number of para-hydroxylation sites is 1. The molecular weight excluding hydrogens is 333 g/mol. The number of hydrogen-bond donors (Lipinski definition) is 0. The molecule has 2 aromatic carbocycles. The predicted molar refractivity (Wildman–Crippen MR) is 87.6 cm³/mol. The fourth-order valence-corrected chi connectivity index (χ4v) is 2.82. The number of piperazine rings is 1. The summed E-state index contributed by atoms with van der Waals surface area (Å²) in [6.07, 6.45) is 0. The van der Waals surface area contributed by atoms with Crippen molar-refractivity contribution in [2.45, 2.75) is 6.61 Å². The average Bonchev–Trinajstić information content (AvgIpc) is 2.62. The molecule has 1 aliphatic rings. The van der Waals surface area contributed by atoms with Crippen molar-refractivity contribution in [3.63, 3.8) is 0 Å². The van der Waals surface area contributed by atoms with Gasteiger partial charge in [0.05, 0.1) is 5.69 Å². The molecule has 4 nitrogen and oxygen atoms in total. The minimum absolute atomic E-state index is 0.0101. The second-order valence-electron chi connectivity index (χ2n) is 5.63. The molecule has 0 radical (unpaired) electrons. The molecule has 2 aromatic rings. The molecule has 7 heteroatoms. The zero-order valence-electron chi connectivity index (χ0n) is 13.4. The molecule has 0 spiro atoms. The number of ether oxygens (including phenoxy) is 1. The van der Waals surface area contributed by atoms with E-state index in [1.54, 1.807) is 23.1 Å². The first kappa shape index (κ1) is 17.1. The number of amides is 1. The maximum Gasteiger partial charge on any atom is 0.387 e. The van der Waals surface area contributed by atoms with Crippen molar-refractivity contribution in [1.82, 2.24) is 4.90 Å². The highest BCUT2D eigenvalue weighted by Gasteiger charge is 2.23. The summed E-state index contributed by atoms with van der Waals surface area (Å²) >= 11 is 0. The topological polar surface area (TPSA) is 32.8 Å². The first-order chi connectivity index (χ1) is 12.0. The SMILES string of the molecule is O=C(c1ccc(OC(F)F)cc1)N1CCN(c2ccccc2F)CC1. The molecule has 0 atom stereocenters. The number of halogens is 3. The molecule has 1 heterocycles. The van der Waals surface area contributed by atoms with Crippen LogP contribution in [0.3, 0.4) is 0 Å². The van der Waals surface area contributed by atoms with Gasteiger partial charge >= 0.3 is 6.61 Å². The van der Waals surface area contributed by atoms with E-state index in [2.05, 4.69) is 4.74 Å². The van der Waals surface area contributed by atoms with Crippen LogP contribution in [0.4, 0.5) is 18.9 Å². The van der Waals surface area contributed by atoms with Gasteiger partial charge in [0.2, 0.25) is 0 Å². The molecule has 25 heavy (non-hydrogen) atoms. The predicted octanol–water partition coefficient (Wildman–Crippen LogP) is 3.39. The van der Waals surface area contributed by atoms with Crippen molar-refractivity contribution in [3.8, 4) is 5.75 Å². The summed E-state index contributed by atoms with van der Waals surface area (Å²) in [6.45, 7) is -0.920. The Morgan fingerprint density at radius 3 is 2.20 bits per heavy atom. The van der Waals surface area contributed by atoms with Crippen LogP contribution in [-0.4, -0.2) is 43.6 Å². The molecule has 0 unspecified atom stereocenters. The molecule has 0 aromatic heterocycles. The van der Waals surface area contributed by atoms with Gasteiger partial charge in [-0.1, -0.05) is 12.1 Å². The normalized spacial score (nSPS) is 14.7. The van der Waals surface area contributed by atoms with E-state index in [0.717, 1.165) is 0 Å². The van der Waals surface area contributed by atoms with E-state index in [4.69, 9.17) is 0 Å². The first-order valence-corrected chi connectivity index (χ1v) is 7.88. The van der Waals surface area contributed by atoms with Crippen molar-refractivity contribution in [2.75, 3.05) is 31.1 Å². The van der Waals surface area contributed by atoms with Crippen LogP contribution in [0.15, 0.2) is 48.5 Å². The Hall–Kier alpha value is -2.70. The molecule has 1 aliphatic heterocycles. The van der Waals surface area contributed by atoms with E-state index in [-0.39, 0.29) is 17.5 Å². The Morgan fingerprint density at radius 1 is 0.960 bits per heavy atom. The Balaban J connectivity index is 1.61. The van der Waals surface area contributed by atoms with Gasteiger partial charge in [0.25, 0.3) is 5.91 Å². The number of rotatable bonds is 4. The molecule has 0 aliphatic carbocycles. The average molecular weight is 350 g/mol. The Labute approximate surface area is 143 Å². The quantitative estimate of drug-likeness (QED) is 0.847. The number of carbonyl (C=O) groups excluding carboxylic acids is 1. The van der Waals surface area contributed by atoms with Crippen molar-refractivity contribution < 1.29 is 22.7 Å². The summed E-state index contributed by atoms with van der Waals surface area (Å²) in [5, 5.41) is 0. The van der Waals surface area contributed by atoms with E-state index < -0.39 is 6.61 Å². The second kappa shape index (κ2) is 7.46.